The number of carbonyl (C=O) groups is 3. The lowest BCUT2D eigenvalue weighted by atomic mass is 10.1. The van der Waals surface area contributed by atoms with E-state index >= 15 is 0 Å². The summed E-state index contributed by atoms with van der Waals surface area (Å²) in [6.07, 6.45) is 0.527. The number of aromatic nitrogens is 1. The van der Waals surface area contributed by atoms with E-state index in [-0.39, 0.29) is 29.8 Å². The van der Waals surface area contributed by atoms with Crippen LogP contribution in [0.1, 0.15) is 27.4 Å². The summed E-state index contributed by atoms with van der Waals surface area (Å²) < 4.78 is 0. The Morgan fingerprint density at radius 3 is 2.58 bits per heavy atom. The molecule has 3 N–H and O–H groups in total. The second-order valence-corrected chi connectivity index (χ2v) is 4.35. The zero-order valence-corrected chi connectivity index (χ0v) is 10.1. The van der Waals surface area contributed by atoms with E-state index in [2.05, 4.69) is 4.98 Å². The normalized spacial score (nSPS) is 18.3. The van der Waals surface area contributed by atoms with E-state index < -0.39 is 11.9 Å². The lowest BCUT2D eigenvalue weighted by Gasteiger charge is -2.15. The van der Waals surface area contributed by atoms with Crippen molar-refractivity contribution in [1.29, 1.82) is 0 Å². The Labute approximate surface area is 109 Å². The number of carboxylic acids is 1. The molecule has 2 heterocycles. The Hall–Kier alpha value is -2.44. The topological polar surface area (TPSA) is 114 Å². The Kier molecular flexibility index (Phi) is 3.46. The molecule has 1 aromatic rings. The minimum absolute atomic E-state index is 0.0602. The van der Waals surface area contributed by atoms with Gasteiger partial charge < -0.3 is 15.7 Å². The number of amides is 2. The van der Waals surface area contributed by atoms with Gasteiger partial charge >= 0.3 is 5.97 Å². The van der Waals surface area contributed by atoms with Crippen LogP contribution in [-0.2, 0) is 4.79 Å². The molecule has 2 amide bonds. The van der Waals surface area contributed by atoms with Crippen LogP contribution in [0.4, 0.5) is 0 Å². The van der Waals surface area contributed by atoms with Crippen molar-refractivity contribution >= 4 is 17.8 Å². The zero-order valence-electron chi connectivity index (χ0n) is 10.1. The molecule has 0 saturated carbocycles. The third-order valence-electron chi connectivity index (χ3n) is 3.07. The molecule has 19 heavy (non-hydrogen) atoms. The molecule has 1 atom stereocenters. The Morgan fingerprint density at radius 2 is 2.00 bits per heavy atom. The highest BCUT2D eigenvalue weighted by molar-refractivity contribution is 5.94. The summed E-state index contributed by atoms with van der Waals surface area (Å²) in [5.41, 5.74) is 5.07. The van der Waals surface area contributed by atoms with Crippen molar-refractivity contribution in [3.63, 3.8) is 0 Å². The molecule has 0 radical (unpaired) electrons. The third-order valence-corrected chi connectivity index (χ3v) is 3.07. The number of primary amides is 1. The molecule has 1 aromatic heterocycles. The molecule has 100 valence electrons. The molecule has 1 saturated heterocycles. The van der Waals surface area contributed by atoms with Gasteiger partial charge in [0, 0.05) is 13.1 Å². The molecule has 2 rings (SSSR count). The van der Waals surface area contributed by atoms with Gasteiger partial charge in [-0.2, -0.15) is 0 Å². The van der Waals surface area contributed by atoms with Crippen molar-refractivity contribution in [2.24, 2.45) is 11.7 Å². The SMILES string of the molecule is NC(=O)C1CCN(C(=O)c2cccc(C(=O)O)n2)C1. The van der Waals surface area contributed by atoms with Gasteiger partial charge in [-0.1, -0.05) is 6.07 Å². The van der Waals surface area contributed by atoms with E-state index in [9.17, 15) is 14.4 Å². The van der Waals surface area contributed by atoms with Crippen molar-refractivity contribution in [2.75, 3.05) is 13.1 Å². The highest BCUT2D eigenvalue weighted by Crippen LogP contribution is 2.17. The summed E-state index contributed by atoms with van der Waals surface area (Å²) in [7, 11) is 0. The first-order valence-corrected chi connectivity index (χ1v) is 5.78. The number of nitrogens with two attached hydrogens (primary N) is 1. The number of hydrogen-bond donors (Lipinski definition) is 2. The third kappa shape index (κ3) is 2.70. The highest BCUT2D eigenvalue weighted by Gasteiger charge is 2.30. The summed E-state index contributed by atoms with van der Waals surface area (Å²) in [4.78, 5) is 39.2. The van der Waals surface area contributed by atoms with E-state index in [4.69, 9.17) is 10.8 Å². The van der Waals surface area contributed by atoms with Crippen LogP contribution in [0.25, 0.3) is 0 Å². The number of aromatic carboxylic acids is 1. The first-order valence-electron chi connectivity index (χ1n) is 5.78. The number of carbonyl (C=O) groups excluding carboxylic acids is 2. The van der Waals surface area contributed by atoms with Crippen LogP contribution in [0, 0.1) is 5.92 Å². The fourth-order valence-corrected chi connectivity index (χ4v) is 2.01. The first-order chi connectivity index (χ1) is 8.99. The van der Waals surface area contributed by atoms with E-state index in [0.29, 0.717) is 13.0 Å². The first kappa shape index (κ1) is 13.0. The summed E-state index contributed by atoms with van der Waals surface area (Å²) in [5.74, 6) is -2.34. The van der Waals surface area contributed by atoms with E-state index in [1.165, 1.54) is 23.1 Å². The van der Waals surface area contributed by atoms with Gasteiger partial charge in [0.1, 0.15) is 11.4 Å². The fourth-order valence-electron chi connectivity index (χ4n) is 2.01. The molecule has 1 aliphatic rings. The summed E-state index contributed by atoms with van der Waals surface area (Å²) >= 11 is 0. The summed E-state index contributed by atoms with van der Waals surface area (Å²) in [6.45, 7) is 0.679. The van der Waals surface area contributed by atoms with E-state index in [1.807, 2.05) is 0 Å². The Morgan fingerprint density at radius 1 is 1.32 bits per heavy atom. The average Bonchev–Trinajstić information content (AvgIpc) is 2.87. The number of carboxylic acid groups (broad SMARTS) is 1. The maximum absolute atomic E-state index is 12.1. The lowest BCUT2D eigenvalue weighted by molar-refractivity contribution is -0.121. The maximum atomic E-state index is 12.1. The predicted molar refractivity (Wildman–Crippen MR) is 64.4 cm³/mol. The lowest BCUT2D eigenvalue weighted by Crippen LogP contribution is -2.32. The van der Waals surface area contributed by atoms with Gasteiger partial charge in [0.05, 0.1) is 5.92 Å². The minimum Gasteiger partial charge on any atom is -0.477 e. The highest BCUT2D eigenvalue weighted by atomic mass is 16.4. The summed E-state index contributed by atoms with van der Waals surface area (Å²) in [5, 5.41) is 8.82. The molecule has 0 aromatic carbocycles. The fraction of sp³-hybridized carbons (Fsp3) is 0.333. The molecule has 7 heteroatoms. The molecule has 0 spiro atoms. The van der Waals surface area contributed by atoms with E-state index in [1.54, 1.807) is 0 Å². The largest absolute Gasteiger partial charge is 0.477 e. The standard InChI is InChI=1S/C12H13N3O4/c13-10(16)7-4-5-15(6-7)11(17)8-2-1-3-9(14-8)12(18)19/h1-3,7H,4-6H2,(H2,13,16)(H,18,19). The molecule has 1 unspecified atom stereocenters. The summed E-state index contributed by atoms with van der Waals surface area (Å²) in [6, 6.07) is 4.23. The number of pyridine rings is 1. The van der Waals surface area contributed by atoms with Crippen LogP contribution in [0.15, 0.2) is 18.2 Å². The molecule has 0 aliphatic carbocycles. The number of hydrogen-bond acceptors (Lipinski definition) is 4. The van der Waals surface area contributed by atoms with Crippen LogP contribution in [0.2, 0.25) is 0 Å². The Balaban J connectivity index is 2.14. The van der Waals surface area contributed by atoms with Crippen LogP contribution >= 0.6 is 0 Å². The minimum atomic E-state index is -1.19. The zero-order chi connectivity index (χ0) is 14.0. The monoisotopic (exact) mass is 263 g/mol. The molecule has 1 aliphatic heterocycles. The molecular weight excluding hydrogens is 250 g/mol. The van der Waals surface area contributed by atoms with Gasteiger partial charge in [-0.15, -0.1) is 0 Å². The van der Waals surface area contributed by atoms with Gasteiger partial charge in [-0.05, 0) is 18.6 Å². The van der Waals surface area contributed by atoms with Crippen LogP contribution in [0.3, 0.4) is 0 Å². The molecule has 7 nitrogen and oxygen atoms in total. The van der Waals surface area contributed by atoms with Gasteiger partial charge in [0.25, 0.3) is 5.91 Å². The molecular formula is C12H13N3O4. The quantitative estimate of drug-likeness (QED) is 0.779. The van der Waals surface area contributed by atoms with Gasteiger partial charge in [0.2, 0.25) is 5.91 Å². The average molecular weight is 263 g/mol. The number of rotatable bonds is 3. The van der Waals surface area contributed by atoms with Gasteiger partial charge in [-0.3, -0.25) is 9.59 Å². The van der Waals surface area contributed by atoms with Gasteiger partial charge in [-0.25, -0.2) is 9.78 Å². The second kappa shape index (κ2) is 5.05. The maximum Gasteiger partial charge on any atom is 0.354 e. The van der Waals surface area contributed by atoms with Crippen molar-refractivity contribution in [2.45, 2.75) is 6.42 Å². The van der Waals surface area contributed by atoms with E-state index in [0.717, 1.165) is 0 Å². The van der Waals surface area contributed by atoms with Crippen molar-refractivity contribution in [1.82, 2.24) is 9.88 Å². The number of nitrogens with zero attached hydrogens (tertiary/aromatic N) is 2. The van der Waals surface area contributed by atoms with Crippen molar-refractivity contribution in [3.05, 3.63) is 29.6 Å². The second-order valence-electron chi connectivity index (χ2n) is 4.35. The smallest absolute Gasteiger partial charge is 0.354 e. The Bertz CT molecular complexity index is 544. The van der Waals surface area contributed by atoms with Gasteiger partial charge in [0.15, 0.2) is 0 Å². The molecule has 1 fully saturated rings. The van der Waals surface area contributed by atoms with Crippen LogP contribution in [-0.4, -0.2) is 45.9 Å². The van der Waals surface area contributed by atoms with Crippen molar-refractivity contribution < 1.29 is 19.5 Å². The number of likely N-dealkylation sites (tertiary alicyclic amines) is 1. The van der Waals surface area contributed by atoms with Crippen molar-refractivity contribution in [3.8, 4) is 0 Å². The predicted octanol–water partition coefficient (Wildman–Crippen LogP) is -0.273. The van der Waals surface area contributed by atoms with Crippen LogP contribution < -0.4 is 5.73 Å². The van der Waals surface area contributed by atoms with Crippen LogP contribution in [0.5, 0.6) is 0 Å². The molecule has 0 bridgehead atoms.